The molecule has 188 valence electrons. The number of nitrogens with zero attached hydrogens (tertiary/aromatic N) is 3. The first-order chi connectivity index (χ1) is 17.0. The molecule has 2 aliphatic rings. The van der Waals surface area contributed by atoms with Crippen LogP contribution in [0.25, 0.3) is 0 Å². The molecule has 35 heavy (non-hydrogen) atoms. The number of ether oxygens (including phenoxy) is 2. The maximum absolute atomic E-state index is 13.2. The number of carbonyl (C=O) groups is 2. The van der Waals surface area contributed by atoms with Crippen molar-refractivity contribution in [3.63, 3.8) is 0 Å². The number of hydrogen-bond acceptors (Lipinski definition) is 6. The maximum Gasteiger partial charge on any atom is 0.238 e. The van der Waals surface area contributed by atoms with E-state index in [-0.39, 0.29) is 30.2 Å². The van der Waals surface area contributed by atoms with Gasteiger partial charge in [-0.15, -0.1) is 0 Å². The monoisotopic (exact) mass is 484 g/mol. The predicted molar refractivity (Wildman–Crippen MR) is 131 cm³/mol. The minimum absolute atomic E-state index is 0.0241. The highest BCUT2D eigenvalue weighted by atomic mass is 19.1. The fraction of sp³-hybridized carbons (Fsp3) is 0.462. The average Bonchev–Trinajstić information content (AvgIpc) is 3.36. The van der Waals surface area contributed by atoms with Crippen LogP contribution in [0.5, 0.6) is 11.5 Å². The SMILES string of the molecule is COc1ccc(OC)c([C@H]2CCCN2C(=O)CN2CCN(CC(=O)Nc3ccc(F)cc3)CC2)c1. The number of piperazine rings is 1. The first kappa shape index (κ1) is 24.9. The Labute approximate surface area is 205 Å². The second-order valence-corrected chi connectivity index (χ2v) is 8.96. The number of likely N-dealkylation sites (tertiary alicyclic amines) is 1. The zero-order valence-corrected chi connectivity index (χ0v) is 20.3. The molecule has 0 aromatic heterocycles. The van der Waals surface area contributed by atoms with Crippen LogP contribution in [0.15, 0.2) is 42.5 Å². The Balaban J connectivity index is 1.28. The smallest absolute Gasteiger partial charge is 0.238 e. The van der Waals surface area contributed by atoms with Crippen molar-refractivity contribution < 1.29 is 23.5 Å². The second-order valence-electron chi connectivity index (χ2n) is 8.96. The number of nitrogens with one attached hydrogen (secondary N) is 1. The van der Waals surface area contributed by atoms with Crippen molar-refractivity contribution in [2.45, 2.75) is 18.9 Å². The minimum atomic E-state index is -0.337. The lowest BCUT2D eigenvalue weighted by Gasteiger charge is -2.35. The summed E-state index contributed by atoms with van der Waals surface area (Å²) >= 11 is 0. The normalized spacial score (nSPS) is 18.9. The number of benzene rings is 2. The Morgan fingerprint density at radius 1 is 0.943 bits per heavy atom. The Hall–Kier alpha value is -3.17. The predicted octanol–water partition coefficient (Wildman–Crippen LogP) is 2.76. The summed E-state index contributed by atoms with van der Waals surface area (Å²) in [5.41, 5.74) is 1.56. The van der Waals surface area contributed by atoms with Crippen molar-refractivity contribution in [3.05, 3.63) is 53.8 Å². The molecule has 1 atom stereocenters. The molecule has 2 heterocycles. The molecule has 0 bridgehead atoms. The van der Waals surface area contributed by atoms with Crippen LogP contribution in [-0.2, 0) is 9.59 Å². The number of anilines is 1. The Morgan fingerprint density at radius 3 is 2.29 bits per heavy atom. The number of rotatable bonds is 8. The summed E-state index contributed by atoms with van der Waals surface area (Å²) in [7, 11) is 3.28. The highest BCUT2D eigenvalue weighted by molar-refractivity contribution is 5.92. The molecule has 2 fully saturated rings. The van der Waals surface area contributed by atoms with Gasteiger partial charge < -0.3 is 19.7 Å². The van der Waals surface area contributed by atoms with Crippen LogP contribution in [0.1, 0.15) is 24.4 Å². The number of carbonyl (C=O) groups excluding carboxylic acids is 2. The summed E-state index contributed by atoms with van der Waals surface area (Å²) in [5.74, 6) is 1.16. The molecule has 0 spiro atoms. The van der Waals surface area contributed by atoms with Gasteiger partial charge in [0, 0.05) is 44.0 Å². The fourth-order valence-electron chi connectivity index (χ4n) is 4.81. The van der Waals surface area contributed by atoms with E-state index in [1.54, 1.807) is 26.4 Å². The van der Waals surface area contributed by atoms with E-state index in [2.05, 4.69) is 15.1 Å². The van der Waals surface area contributed by atoms with E-state index in [0.717, 1.165) is 49.5 Å². The van der Waals surface area contributed by atoms with E-state index in [4.69, 9.17) is 9.47 Å². The zero-order valence-electron chi connectivity index (χ0n) is 20.3. The molecule has 2 aliphatic heterocycles. The molecule has 1 N–H and O–H groups in total. The first-order valence-electron chi connectivity index (χ1n) is 12.0. The van der Waals surface area contributed by atoms with Crippen LogP contribution in [0.4, 0.5) is 10.1 Å². The molecule has 4 rings (SSSR count). The summed E-state index contributed by atoms with van der Waals surface area (Å²) in [6, 6.07) is 11.4. The van der Waals surface area contributed by atoms with Crippen molar-refractivity contribution in [3.8, 4) is 11.5 Å². The van der Waals surface area contributed by atoms with Crippen molar-refractivity contribution in [1.82, 2.24) is 14.7 Å². The summed E-state index contributed by atoms with van der Waals surface area (Å²) in [6.07, 6.45) is 1.85. The Bertz CT molecular complexity index is 1020. The van der Waals surface area contributed by atoms with E-state index in [0.29, 0.717) is 25.3 Å². The highest BCUT2D eigenvalue weighted by Crippen LogP contribution is 2.39. The van der Waals surface area contributed by atoms with Crippen LogP contribution >= 0.6 is 0 Å². The largest absolute Gasteiger partial charge is 0.497 e. The quantitative estimate of drug-likeness (QED) is 0.621. The van der Waals surface area contributed by atoms with Gasteiger partial charge in [0.2, 0.25) is 11.8 Å². The molecule has 2 aromatic carbocycles. The van der Waals surface area contributed by atoms with Crippen LogP contribution < -0.4 is 14.8 Å². The fourth-order valence-corrected chi connectivity index (χ4v) is 4.81. The molecular formula is C26H33FN4O4. The lowest BCUT2D eigenvalue weighted by molar-refractivity contribution is -0.134. The summed E-state index contributed by atoms with van der Waals surface area (Å²) in [5, 5.41) is 2.79. The van der Waals surface area contributed by atoms with Gasteiger partial charge in [0.1, 0.15) is 17.3 Å². The van der Waals surface area contributed by atoms with Crippen LogP contribution in [0, 0.1) is 5.82 Å². The molecule has 0 aliphatic carbocycles. The minimum Gasteiger partial charge on any atom is -0.497 e. The van der Waals surface area contributed by atoms with Gasteiger partial charge >= 0.3 is 0 Å². The van der Waals surface area contributed by atoms with Gasteiger partial charge in [-0.3, -0.25) is 19.4 Å². The summed E-state index contributed by atoms with van der Waals surface area (Å²) in [4.78, 5) is 31.7. The Morgan fingerprint density at radius 2 is 1.63 bits per heavy atom. The molecule has 2 aromatic rings. The zero-order chi connectivity index (χ0) is 24.8. The summed E-state index contributed by atoms with van der Waals surface area (Å²) in [6.45, 7) is 4.20. The third-order valence-corrected chi connectivity index (χ3v) is 6.69. The van der Waals surface area contributed by atoms with E-state index in [1.165, 1.54) is 12.1 Å². The highest BCUT2D eigenvalue weighted by Gasteiger charge is 2.33. The second kappa shape index (κ2) is 11.5. The lowest BCUT2D eigenvalue weighted by atomic mass is 10.0. The molecule has 0 unspecified atom stereocenters. The first-order valence-corrected chi connectivity index (χ1v) is 12.0. The van der Waals surface area contributed by atoms with Gasteiger partial charge in [0.15, 0.2) is 0 Å². The number of halogens is 1. The number of hydrogen-bond donors (Lipinski definition) is 1. The Kier molecular flexibility index (Phi) is 8.20. The van der Waals surface area contributed by atoms with Crippen LogP contribution in [0.2, 0.25) is 0 Å². The molecule has 2 amide bonds. The van der Waals surface area contributed by atoms with E-state index < -0.39 is 0 Å². The van der Waals surface area contributed by atoms with Crippen LogP contribution in [0.3, 0.4) is 0 Å². The molecule has 2 saturated heterocycles. The van der Waals surface area contributed by atoms with Crippen molar-refractivity contribution in [1.29, 1.82) is 0 Å². The van der Waals surface area contributed by atoms with Gasteiger partial charge in [-0.05, 0) is 55.3 Å². The molecule has 0 radical (unpaired) electrons. The summed E-state index contributed by atoms with van der Waals surface area (Å²) < 4.78 is 24.0. The van der Waals surface area contributed by atoms with Crippen molar-refractivity contribution >= 4 is 17.5 Å². The van der Waals surface area contributed by atoms with Gasteiger partial charge in [0.25, 0.3) is 0 Å². The third-order valence-electron chi connectivity index (χ3n) is 6.69. The van der Waals surface area contributed by atoms with Gasteiger partial charge in [-0.1, -0.05) is 0 Å². The molecule has 0 saturated carbocycles. The molecule has 9 heteroatoms. The molecule has 8 nitrogen and oxygen atoms in total. The van der Waals surface area contributed by atoms with Gasteiger partial charge in [-0.2, -0.15) is 0 Å². The van der Waals surface area contributed by atoms with Crippen molar-refractivity contribution in [2.75, 3.05) is 65.3 Å². The molecular weight excluding hydrogens is 451 g/mol. The van der Waals surface area contributed by atoms with Crippen LogP contribution in [-0.4, -0.2) is 86.5 Å². The van der Waals surface area contributed by atoms with Gasteiger partial charge in [-0.25, -0.2) is 4.39 Å². The standard InChI is InChI=1S/C26H33FN4O4/c1-34-21-9-10-24(35-2)22(16-21)23-4-3-11-31(23)26(33)18-30-14-12-29(13-15-30)17-25(32)28-20-7-5-19(27)6-8-20/h5-10,16,23H,3-4,11-15,17-18H2,1-2H3,(H,28,32)/t23-/m1/s1. The van der Waals surface area contributed by atoms with E-state index >= 15 is 0 Å². The maximum atomic E-state index is 13.2. The van der Waals surface area contributed by atoms with Gasteiger partial charge in [0.05, 0.1) is 33.4 Å². The van der Waals surface area contributed by atoms with E-state index in [9.17, 15) is 14.0 Å². The number of methoxy groups -OCH3 is 2. The van der Waals surface area contributed by atoms with E-state index in [1.807, 2.05) is 23.1 Å². The average molecular weight is 485 g/mol. The van der Waals surface area contributed by atoms with Crippen molar-refractivity contribution in [2.24, 2.45) is 0 Å². The lowest BCUT2D eigenvalue weighted by Crippen LogP contribution is -2.51. The third kappa shape index (κ3) is 6.29. The number of amides is 2. The topological polar surface area (TPSA) is 74.4 Å².